The second kappa shape index (κ2) is 5.51. The normalized spacial score (nSPS) is 11.2. The van der Waals surface area contributed by atoms with E-state index in [-0.39, 0.29) is 22.8 Å². The molecule has 0 aliphatic carbocycles. The van der Waals surface area contributed by atoms with E-state index in [1.54, 1.807) is 0 Å². The summed E-state index contributed by atoms with van der Waals surface area (Å²) in [5, 5.41) is 2.56. The van der Waals surface area contributed by atoms with Crippen molar-refractivity contribution in [1.29, 1.82) is 0 Å². The molecule has 1 unspecified atom stereocenters. The Hall–Kier alpha value is -2.07. The van der Waals surface area contributed by atoms with E-state index >= 15 is 0 Å². The van der Waals surface area contributed by atoms with Crippen molar-refractivity contribution in [2.24, 2.45) is 0 Å². The van der Waals surface area contributed by atoms with Crippen molar-refractivity contribution in [1.82, 2.24) is 4.98 Å². The number of alkyl halides is 2. The molecule has 3 N–H and O–H groups in total. The van der Waals surface area contributed by atoms with Crippen LogP contribution in [0.1, 0.15) is 15.9 Å². The highest BCUT2D eigenvalue weighted by Crippen LogP contribution is 2.37. The monoisotopic (exact) mass is 295 g/mol. The summed E-state index contributed by atoms with van der Waals surface area (Å²) in [4.78, 5) is 15.7. The van der Waals surface area contributed by atoms with Gasteiger partial charge in [0.1, 0.15) is 0 Å². The van der Waals surface area contributed by atoms with Gasteiger partial charge in [-0.3, -0.25) is 9.78 Å². The number of nitrogens with two attached hydrogens (primary N) is 1. The minimum absolute atomic E-state index is 0.0760. The Labute approximate surface area is 116 Å². The van der Waals surface area contributed by atoms with Gasteiger partial charge >= 0.3 is 0 Å². The summed E-state index contributed by atoms with van der Waals surface area (Å²) in [6, 6.07) is 6.77. The van der Waals surface area contributed by atoms with Crippen LogP contribution in [0.15, 0.2) is 42.7 Å². The van der Waals surface area contributed by atoms with Gasteiger partial charge in [0.05, 0.1) is 11.4 Å². The number of hydrogen-bond acceptors (Lipinski definition) is 3. The Kier molecular flexibility index (Phi) is 3.95. The van der Waals surface area contributed by atoms with Gasteiger partial charge in [-0.25, -0.2) is 0 Å². The molecular formula is C13H12F2N3OP. The summed E-state index contributed by atoms with van der Waals surface area (Å²) in [6.45, 7) is 0. The maximum absolute atomic E-state index is 13.1. The van der Waals surface area contributed by atoms with Crippen molar-refractivity contribution < 1.29 is 13.6 Å². The molecule has 0 saturated carbocycles. The number of nitrogens with zero attached hydrogens (tertiary/aromatic N) is 1. The summed E-state index contributed by atoms with van der Waals surface area (Å²) >= 11 is 0. The molecule has 1 amide bonds. The van der Waals surface area contributed by atoms with Crippen molar-refractivity contribution in [2.45, 2.75) is 5.66 Å². The van der Waals surface area contributed by atoms with Gasteiger partial charge in [-0.2, -0.15) is 8.78 Å². The molecule has 0 aliphatic heterocycles. The third-order valence-corrected chi connectivity index (χ3v) is 2.96. The van der Waals surface area contributed by atoms with Crippen LogP contribution in [-0.2, 0) is 5.66 Å². The molecule has 4 nitrogen and oxygen atoms in total. The fourth-order valence-electron chi connectivity index (χ4n) is 1.58. The zero-order valence-corrected chi connectivity index (χ0v) is 11.5. The van der Waals surface area contributed by atoms with Crippen LogP contribution in [-0.4, -0.2) is 10.9 Å². The fourth-order valence-corrected chi connectivity index (χ4v) is 1.76. The van der Waals surface area contributed by atoms with Gasteiger partial charge in [-0.05, 0) is 24.3 Å². The molecule has 104 valence electrons. The van der Waals surface area contributed by atoms with Gasteiger partial charge in [-0.1, -0.05) is 15.3 Å². The van der Waals surface area contributed by atoms with Gasteiger partial charge in [0.15, 0.2) is 0 Å². The van der Waals surface area contributed by atoms with Gasteiger partial charge in [0.2, 0.25) is 0 Å². The first-order valence-electron chi connectivity index (χ1n) is 5.66. The van der Waals surface area contributed by atoms with Crippen LogP contribution in [0.25, 0.3) is 0 Å². The van der Waals surface area contributed by atoms with Crippen molar-refractivity contribution in [3.05, 3.63) is 53.9 Å². The molecule has 0 bridgehead atoms. The van der Waals surface area contributed by atoms with Crippen molar-refractivity contribution in [3.8, 4) is 0 Å². The lowest BCUT2D eigenvalue weighted by Gasteiger charge is -2.14. The lowest BCUT2D eigenvalue weighted by molar-refractivity contribution is 0.102. The summed E-state index contributed by atoms with van der Waals surface area (Å²) < 4.78 is 26.2. The average molecular weight is 295 g/mol. The highest BCUT2D eigenvalue weighted by atomic mass is 31.0. The van der Waals surface area contributed by atoms with Crippen molar-refractivity contribution in [3.63, 3.8) is 0 Å². The predicted octanol–water partition coefficient (Wildman–Crippen LogP) is 2.84. The molecule has 0 spiro atoms. The molecule has 1 aromatic carbocycles. The highest BCUT2D eigenvalue weighted by Gasteiger charge is 2.25. The molecule has 2 rings (SSSR count). The van der Waals surface area contributed by atoms with E-state index in [1.807, 2.05) is 0 Å². The van der Waals surface area contributed by atoms with E-state index in [4.69, 9.17) is 5.73 Å². The molecule has 1 atom stereocenters. The number of hydrogen-bond donors (Lipinski definition) is 2. The summed E-state index contributed by atoms with van der Waals surface area (Å²) in [7, 11) is 1.44. The van der Waals surface area contributed by atoms with Gasteiger partial charge in [-0.15, -0.1) is 0 Å². The van der Waals surface area contributed by atoms with Gasteiger partial charge < -0.3 is 11.1 Å². The molecule has 0 fully saturated rings. The predicted molar refractivity (Wildman–Crippen MR) is 76.6 cm³/mol. The molecule has 0 saturated heterocycles. The lowest BCUT2D eigenvalue weighted by Crippen LogP contribution is -2.14. The van der Waals surface area contributed by atoms with Gasteiger partial charge in [0, 0.05) is 23.5 Å². The SMILES string of the molecule is Nc1cc(C(F)(F)P)ccc1NC(=O)c1ccncc1. The third kappa shape index (κ3) is 3.27. The zero-order chi connectivity index (χ0) is 14.8. The van der Waals surface area contributed by atoms with E-state index in [9.17, 15) is 13.6 Å². The third-order valence-electron chi connectivity index (χ3n) is 2.63. The van der Waals surface area contributed by atoms with Gasteiger partial charge in [0.25, 0.3) is 11.6 Å². The standard InChI is InChI=1S/C13H12F2N3OP/c14-13(15,20)9-1-2-11(10(16)7-9)18-12(19)8-3-5-17-6-4-8/h1-7H,16,20H2,(H,18,19). The number of amides is 1. The second-order valence-corrected chi connectivity index (χ2v) is 4.84. The number of carbonyl (C=O) groups is 1. The smallest absolute Gasteiger partial charge is 0.283 e. The van der Waals surface area contributed by atoms with Crippen molar-refractivity contribution >= 4 is 26.5 Å². The molecule has 1 heterocycles. The van der Waals surface area contributed by atoms with Crippen LogP contribution in [0.2, 0.25) is 0 Å². The first kappa shape index (κ1) is 14.3. The number of pyridine rings is 1. The maximum Gasteiger partial charge on any atom is 0.283 e. The molecular weight excluding hydrogens is 283 g/mol. The first-order valence-corrected chi connectivity index (χ1v) is 6.24. The summed E-state index contributed by atoms with van der Waals surface area (Å²) in [5.74, 6) is -0.385. The number of benzene rings is 1. The second-order valence-electron chi connectivity index (χ2n) is 4.12. The summed E-state index contributed by atoms with van der Waals surface area (Å²) in [5.41, 5.74) is 3.15. The fraction of sp³-hybridized carbons (Fsp3) is 0.0769. The van der Waals surface area contributed by atoms with Crippen LogP contribution < -0.4 is 11.1 Å². The molecule has 2 aromatic rings. The largest absolute Gasteiger partial charge is 0.397 e. The zero-order valence-electron chi connectivity index (χ0n) is 10.3. The Balaban J connectivity index is 2.21. The molecule has 0 radical (unpaired) electrons. The number of nitrogens with one attached hydrogen (secondary N) is 1. The lowest BCUT2D eigenvalue weighted by atomic mass is 10.1. The number of rotatable bonds is 3. The average Bonchev–Trinajstić information content (AvgIpc) is 2.41. The molecule has 0 aliphatic rings. The Bertz CT molecular complexity index is 629. The van der Waals surface area contributed by atoms with E-state index in [0.29, 0.717) is 5.56 Å². The number of anilines is 2. The topological polar surface area (TPSA) is 68.0 Å². The van der Waals surface area contributed by atoms with Crippen LogP contribution in [0.4, 0.5) is 20.2 Å². The minimum atomic E-state index is -3.05. The highest BCUT2D eigenvalue weighted by molar-refractivity contribution is 7.17. The van der Waals surface area contributed by atoms with E-state index in [1.165, 1.54) is 45.9 Å². The Morgan fingerprint density at radius 2 is 1.90 bits per heavy atom. The number of halogens is 2. The minimum Gasteiger partial charge on any atom is -0.397 e. The number of carbonyl (C=O) groups excluding carboxylic acids is 1. The van der Waals surface area contributed by atoms with Crippen LogP contribution in [0.5, 0.6) is 0 Å². The van der Waals surface area contributed by atoms with Crippen LogP contribution in [0, 0.1) is 0 Å². The molecule has 20 heavy (non-hydrogen) atoms. The maximum atomic E-state index is 13.1. The van der Waals surface area contributed by atoms with Crippen LogP contribution in [0.3, 0.4) is 0 Å². The Morgan fingerprint density at radius 3 is 2.45 bits per heavy atom. The molecule has 7 heteroatoms. The molecule has 1 aromatic heterocycles. The van der Waals surface area contributed by atoms with E-state index in [0.717, 1.165) is 6.07 Å². The number of aromatic nitrogens is 1. The van der Waals surface area contributed by atoms with E-state index < -0.39 is 5.66 Å². The van der Waals surface area contributed by atoms with Crippen molar-refractivity contribution in [2.75, 3.05) is 11.1 Å². The Morgan fingerprint density at radius 1 is 1.25 bits per heavy atom. The van der Waals surface area contributed by atoms with E-state index in [2.05, 4.69) is 10.3 Å². The van der Waals surface area contributed by atoms with Crippen LogP contribution >= 0.6 is 9.24 Å². The quantitative estimate of drug-likeness (QED) is 0.676. The first-order chi connectivity index (χ1) is 9.38. The number of nitrogen functional groups attached to an aromatic ring is 1. The summed E-state index contributed by atoms with van der Waals surface area (Å²) in [6.07, 6.45) is 2.96.